The van der Waals surface area contributed by atoms with Gasteiger partial charge < -0.3 is 10.2 Å². The highest BCUT2D eigenvalue weighted by Crippen LogP contribution is 2.24. The van der Waals surface area contributed by atoms with Crippen molar-refractivity contribution in [2.24, 2.45) is 5.92 Å². The topological polar surface area (TPSA) is 62.3 Å². The lowest BCUT2D eigenvalue weighted by Gasteiger charge is -2.32. The van der Waals surface area contributed by atoms with E-state index in [0.717, 1.165) is 34.5 Å². The van der Waals surface area contributed by atoms with Gasteiger partial charge in [0, 0.05) is 23.5 Å². The first kappa shape index (κ1) is 18.6. The lowest BCUT2D eigenvalue weighted by molar-refractivity contribution is -0.121. The summed E-state index contributed by atoms with van der Waals surface area (Å²) in [4.78, 5) is 32.8. The zero-order valence-electron chi connectivity index (χ0n) is 15.8. The van der Waals surface area contributed by atoms with E-state index >= 15 is 0 Å². The molecule has 0 saturated carbocycles. The van der Waals surface area contributed by atoms with Gasteiger partial charge in [0.1, 0.15) is 0 Å². The van der Waals surface area contributed by atoms with E-state index in [0.29, 0.717) is 23.8 Å². The largest absolute Gasteiger partial charge is 0.338 e. The molecular formula is C20H25N3O2S. The maximum absolute atomic E-state index is 12.9. The molecule has 1 N–H and O–H groups in total. The van der Waals surface area contributed by atoms with Crippen molar-refractivity contribution in [2.45, 2.75) is 40.5 Å². The fourth-order valence-corrected chi connectivity index (χ4v) is 4.21. The molecule has 1 aliphatic rings. The Morgan fingerprint density at radius 1 is 1.15 bits per heavy atom. The maximum atomic E-state index is 12.9. The minimum absolute atomic E-state index is 0.00948. The fraction of sp³-hybridized carbons (Fsp3) is 0.450. The van der Waals surface area contributed by atoms with Crippen molar-refractivity contribution >= 4 is 28.3 Å². The Bertz CT molecular complexity index is 804. The minimum atomic E-state index is -0.192. The normalized spacial score (nSPS) is 17.2. The molecule has 5 nitrogen and oxygen atoms in total. The molecule has 1 aliphatic heterocycles. The first-order valence-electron chi connectivity index (χ1n) is 8.96. The predicted molar refractivity (Wildman–Crippen MR) is 105 cm³/mol. The molecule has 2 amide bonds. The van der Waals surface area contributed by atoms with Crippen molar-refractivity contribution in [3.63, 3.8) is 0 Å². The summed E-state index contributed by atoms with van der Waals surface area (Å²) in [6.45, 7) is 9.08. The van der Waals surface area contributed by atoms with Crippen LogP contribution in [-0.4, -0.2) is 34.8 Å². The summed E-state index contributed by atoms with van der Waals surface area (Å²) in [7, 11) is 0. The van der Waals surface area contributed by atoms with Gasteiger partial charge in [-0.05, 0) is 52.7 Å². The number of likely N-dealkylation sites (tertiary alicyclic amines) is 1. The standard InChI is InChI=1S/C20H25N3O2S/c1-12-8-13(2)10-17(9-12)19(25)23-7-5-6-16(11-23)18(24)22-20-21-14(3)15(4)26-20/h8-10,16H,5-7,11H2,1-4H3,(H,21,22,24). The minimum Gasteiger partial charge on any atom is -0.338 e. The number of thiazole rings is 1. The summed E-state index contributed by atoms with van der Waals surface area (Å²) in [6, 6.07) is 5.89. The highest BCUT2D eigenvalue weighted by atomic mass is 32.1. The molecule has 26 heavy (non-hydrogen) atoms. The van der Waals surface area contributed by atoms with Crippen molar-refractivity contribution in [1.82, 2.24) is 9.88 Å². The van der Waals surface area contributed by atoms with E-state index in [1.807, 2.05) is 39.8 Å². The number of hydrogen-bond donors (Lipinski definition) is 1. The summed E-state index contributed by atoms with van der Waals surface area (Å²) in [5.74, 6) is -0.227. The molecule has 0 radical (unpaired) electrons. The van der Waals surface area contributed by atoms with Gasteiger partial charge in [-0.3, -0.25) is 9.59 Å². The molecule has 3 rings (SSSR count). The second kappa shape index (κ2) is 7.58. The number of anilines is 1. The van der Waals surface area contributed by atoms with Crippen molar-refractivity contribution in [3.05, 3.63) is 45.5 Å². The molecule has 6 heteroatoms. The van der Waals surface area contributed by atoms with Crippen molar-refractivity contribution in [1.29, 1.82) is 0 Å². The van der Waals surface area contributed by atoms with Crippen LogP contribution in [0.2, 0.25) is 0 Å². The monoisotopic (exact) mass is 371 g/mol. The van der Waals surface area contributed by atoms with Crippen LogP contribution in [0.15, 0.2) is 18.2 Å². The number of benzene rings is 1. The predicted octanol–water partition coefficient (Wildman–Crippen LogP) is 3.87. The lowest BCUT2D eigenvalue weighted by Crippen LogP contribution is -2.43. The van der Waals surface area contributed by atoms with E-state index in [-0.39, 0.29) is 17.7 Å². The van der Waals surface area contributed by atoms with E-state index in [4.69, 9.17) is 0 Å². The molecule has 1 aromatic carbocycles. The van der Waals surface area contributed by atoms with Crippen LogP contribution in [0.4, 0.5) is 5.13 Å². The van der Waals surface area contributed by atoms with Gasteiger partial charge in [-0.15, -0.1) is 11.3 Å². The summed E-state index contributed by atoms with van der Waals surface area (Å²) < 4.78 is 0. The number of rotatable bonds is 3. The Hall–Kier alpha value is -2.21. The van der Waals surface area contributed by atoms with Crippen LogP contribution in [0, 0.1) is 33.6 Å². The third kappa shape index (κ3) is 4.12. The van der Waals surface area contributed by atoms with Crippen molar-refractivity contribution in [3.8, 4) is 0 Å². The number of amides is 2. The van der Waals surface area contributed by atoms with Gasteiger partial charge in [0.2, 0.25) is 5.91 Å². The van der Waals surface area contributed by atoms with Gasteiger partial charge in [0.05, 0.1) is 11.6 Å². The molecule has 1 saturated heterocycles. The van der Waals surface area contributed by atoms with Crippen LogP contribution in [0.1, 0.15) is 44.9 Å². The Morgan fingerprint density at radius 3 is 2.46 bits per heavy atom. The molecule has 0 aliphatic carbocycles. The first-order chi connectivity index (χ1) is 12.3. The number of hydrogen-bond acceptors (Lipinski definition) is 4. The summed E-state index contributed by atoms with van der Waals surface area (Å²) in [5, 5.41) is 3.56. The maximum Gasteiger partial charge on any atom is 0.253 e. The van der Waals surface area contributed by atoms with Gasteiger partial charge in [-0.2, -0.15) is 0 Å². The second-order valence-electron chi connectivity index (χ2n) is 7.12. The smallest absolute Gasteiger partial charge is 0.253 e. The van der Waals surface area contributed by atoms with Crippen LogP contribution in [-0.2, 0) is 4.79 Å². The molecule has 1 aromatic heterocycles. The van der Waals surface area contributed by atoms with E-state index in [1.54, 1.807) is 4.90 Å². The number of piperidine rings is 1. The van der Waals surface area contributed by atoms with E-state index in [2.05, 4.69) is 16.4 Å². The van der Waals surface area contributed by atoms with Gasteiger partial charge in [0.25, 0.3) is 5.91 Å². The van der Waals surface area contributed by atoms with E-state index < -0.39 is 0 Å². The molecular weight excluding hydrogens is 346 g/mol. The number of carbonyl (C=O) groups is 2. The lowest BCUT2D eigenvalue weighted by atomic mass is 9.96. The second-order valence-corrected chi connectivity index (χ2v) is 8.32. The molecule has 2 aromatic rings. The molecule has 0 bridgehead atoms. The Kier molecular flexibility index (Phi) is 5.41. The van der Waals surface area contributed by atoms with Gasteiger partial charge >= 0.3 is 0 Å². The summed E-state index contributed by atoms with van der Waals surface area (Å²) in [5.41, 5.74) is 3.80. The zero-order valence-corrected chi connectivity index (χ0v) is 16.6. The molecule has 2 heterocycles. The number of aromatic nitrogens is 1. The van der Waals surface area contributed by atoms with Gasteiger partial charge in [-0.25, -0.2) is 4.98 Å². The SMILES string of the molecule is Cc1cc(C)cc(C(=O)N2CCCC(C(=O)Nc3nc(C)c(C)s3)C2)c1. The molecule has 1 atom stereocenters. The van der Waals surface area contributed by atoms with Gasteiger partial charge in [0.15, 0.2) is 5.13 Å². The van der Waals surface area contributed by atoms with E-state index in [1.165, 1.54) is 11.3 Å². The van der Waals surface area contributed by atoms with Crippen LogP contribution < -0.4 is 5.32 Å². The average molecular weight is 372 g/mol. The summed E-state index contributed by atoms with van der Waals surface area (Å²) in [6.07, 6.45) is 1.64. The van der Waals surface area contributed by atoms with Gasteiger partial charge in [-0.1, -0.05) is 17.2 Å². The highest BCUT2D eigenvalue weighted by Gasteiger charge is 2.29. The molecule has 1 fully saturated rings. The zero-order chi connectivity index (χ0) is 18.8. The van der Waals surface area contributed by atoms with Crippen LogP contribution in [0.3, 0.4) is 0 Å². The van der Waals surface area contributed by atoms with Crippen molar-refractivity contribution < 1.29 is 9.59 Å². The highest BCUT2D eigenvalue weighted by molar-refractivity contribution is 7.15. The van der Waals surface area contributed by atoms with Crippen LogP contribution in [0.5, 0.6) is 0 Å². The first-order valence-corrected chi connectivity index (χ1v) is 9.77. The Morgan fingerprint density at radius 2 is 1.85 bits per heavy atom. The molecule has 138 valence electrons. The number of carbonyl (C=O) groups excluding carboxylic acids is 2. The molecule has 1 unspecified atom stereocenters. The van der Waals surface area contributed by atoms with Crippen LogP contribution in [0.25, 0.3) is 0 Å². The number of aryl methyl sites for hydroxylation is 4. The van der Waals surface area contributed by atoms with Crippen molar-refractivity contribution in [2.75, 3.05) is 18.4 Å². The fourth-order valence-electron chi connectivity index (χ4n) is 3.39. The third-order valence-electron chi connectivity index (χ3n) is 4.81. The van der Waals surface area contributed by atoms with E-state index in [9.17, 15) is 9.59 Å². The quantitative estimate of drug-likeness (QED) is 0.891. The average Bonchev–Trinajstić information content (AvgIpc) is 2.91. The number of nitrogens with zero attached hydrogens (tertiary/aromatic N) is 2. The van der Waals surface area contributed by atoms with Crippen LogP contribution >= 0.6 is 11.3 Å². The Labute approximate surface area is 158 Å². The number of nitrogens with one attached hydrogen (secondary N) is 1. The Balaban J connectivity index is 1.68. The third-order valence-corrected chi connectivity index (χ3v) is 5.79. The summed E-state index contributed by atoms with van der Waals surface area (Å²) >= 11 is 1.49. The molecule has 0 spiro atoms.